The summed E-state index contributed by atoms with van der Waals surface area (Å²) in [6.45, 7) is 4.50. The third kappa shape index (κ3) is 3.67. The molecule has 0 saturated heterocycles. The van der Waals surface area contributed by atoms with Crippen molar-refractivity contribution in [3.63, 3.8) is 0 Å². The molecule has 0 amide bonds. The molecule has 0 aliphatic heterocycles. The molecule has 16 heavy (non-hydrogen) atoms. The second-order valence-corrected chi connectivity index (χ2v) is 5.39. The number of anilines is 1. The molecule has 1 aromatic rings. The van der Waals surface area contributed by atoms with E-state index in [0.717, 1.165) is 11.3 Å². The van der Waals surface area contributed by atoms with Crippen molar-refractivity contribution in [2.45, 2.75) is 13.8 Å². The first-order valence-corrected chi connectivity index (χ1v) is 6.75. The Bertz CT molecular complexity index is 424. The lowest BCUT2D eigenvalue weighted by molar-refractivity contribution is 0.684. The number of hydrogen-bond acceptors (Lipinski definition) is 3. The molecule has 1 N–H and O–H groups in total. The summed E-state index contributed by atoms with van der Waals surface area (Å²) in [7, 11) is -0.759. The first kappa shape index (κ1) is 12.7. The van der Waals surface area contributed by atoms with E-state index in [2.05, 4.69) is 11.4 Å². The van der Waals surface area contributed by atoms with E-state index < -0.39 is 10.8 Å². The molecule has 0 bridgehead atoms. The molecule has 1 atom stereocenters. The maximum atomic E-state index is 11.2. The number of benzene rings is 1. The predicted octanol–water partition coefficient (Wildman–Crippen LogP) is 2.05. The number of rotatable bonds is 5. The molecule has 1 rings (SSSR count). The highest BCUT2D eigenvalue weighted by molar-refractivity contribution is 7.84. The Balaban J connectivity index is 2.61. The van der Waals surface area contributed by atoms with E-state index in [1.54, 1.807) is 0 Å². The first-order valence-electron chi connectivity index (χ1n) is 5.27. The fourth-order valence-electron chi connectivity index (χ4n) is 1.35. The highest BCUT2D eigenvalue weighted by Gasteiger charge is 2.02. The van der Waals surface area contributed by atoms with Crippen LogP contribution in [0.2, 0.25) is 0 Å². The van der Waals surface area contributed by atoms with Gasteiger partial charge >= 0.3 is 0 Å². The molecule has 1 unspecified atom stereocenters. The molecule has 0 radical (unpaired) electrons. The van der Waals surface area contributed by atoms with Gasteiger partial charge in [0.25, 0.3) is 0 Å². The highest BCUT2D eigenvalue weighted by Crippen LogP contribution is 2.15. The maximum absolute atomic E-state index is 11.2. The second kappa shape index (κ2) is 6.29. The molecule has 0 spiro atoms. The molecule has 0 fully saturated rings. The quantitative estimate of drug-likeness (QED) is 0.851. The lowest BCUT2D eigenvalue weighted by atomic mass is 10.1. The van der Waals surface area contributed by atoms with Crippen LogP contribution >= 0.6 is 0 Å². The molecule has 4 heteroatoms. The van der Waals surface area contributed by atoms with Gasteiger partial charge in [0, 0.05) is 28.9 Å². The van der Waals surface area contributed by atoms with Crippen molar-refractivity contribution < 1.29 is 4.21 Å². The van der Waals surface area contributed by atoms with Crippen molar-refractivity contribution in [3.05, 3.63) is 29.3 Å². The summed E-state index contributed by atoms with van der Waals surface area (Å²) in [5, 5.41) is 12.1. The largest absolute Gasteiger partial charge is 0.383 e. The van der Waals surface area contributed by atoms with E-state index in [1.807, 2.05) is 32.0 Å². The fourth-order valence-corrected chi connectivity index (χ4v) is 1.97. The zero-order valence-electron chi connectivity index (χ0n) is 9.62. The normalized spacial score (nSPS) is 11.8. The third-order valence-corrected chi connectivity index (χ3v) is 3.57. The molecule has 0 aliphatic carbocycles. The molecular formula is C12H16N2OS. The molecule has 3 nitrogen and oxygen atoms in total. The summed E-state index contributed by atoms with van der Waals surface area (Å²) in [6.07, 6.45) is 0. The summed E-state index contributed by atoms with van der Waals surface area (Å²) >= 11 is 0. The van der Waals surface area contributed by atoms with Gasteiger partial charge in [0.2, 0.25) is 0 Å². The Labute approximate surface area is 98.9 Å². The molecular weight excluding hydrogens is 220 g/mol. The smallest absolute Gasteiger partial charge is 0.101 e. The van der Waals surface area contributed by atoms with Crippen LogP contribution in [0.4, 0.5) is 5.69 Å². The van der Waals surface area contributed by atoms with Gasteiger partial charge in [-0.25, -0.2) is 0 Å². The summed E-state index contributed by atoms with van der Waals surface area (Å²) in [5.74, 6) is 1.30. The Morgan fingerprint density at radius 2 is 2.25 bits per heavy atom. The minimum absolute atomic E-state index is 0.620. The topological polar surface area (TPSA) is 52.9 Å². The van der Waals surface area contributed by atoms with Gasteiger partial charge in [0.05, 0.1) is 11.3 Å². The summed E-state index contributed by atoms with van der Waals surface area (Å²) in [5.41, 5.74) is 2.53. The standard InChI is InChI=1S/C12H16N2OS/c1-3-16(15)7-6-14-12-5-4-10(2)8-11(12)9-13/h4-5,8,14H,3,6-7H2,1-2H3. The molecule has 0 aromatic heterocycles. The van der Waals surface area contributed by atoms with Crippen LogP contribution in [0.25, 0.3) is 0 Å². The van der Waals surface area contributed by atoms with Crippen molar-refractivity contribution in [3.8, 4) is 6.07 Å². The van der Waals surface area contributed by atoms with E-state index in [1.165, 1.54) is 0 Å². The monoisotopic (exact) mass is 236 g/mol. The van der Waals surface area contributed by atoms with Crippen LogP contribution in [0.1, 0.15) is 18.1 Å². The zero-order chi connectivity index (χ0) is 12.0. The van der Waals surface area contributed by atoms with Gasteiger partial charge in [-0.2, -0.15) is 5.26 Å². The van der Waals surface area contributed by atoms with Crippen LogP contribution in [0.3, 0.4) is 0 Å². The maximum Gasteiger partial charge on any atom is 0.101 e. The van der Waals surface area contributed by atoms with Crippen LogP contribution in [-0.4, -0.2) is 22.3 Å². The van der Waals surface area contributed by atoms with Gasteiger partial charge < -0.3 is 5.32 Å². The van der Waals surface area contributed by atoms with E-state index in [4.69, 9.17) is 5.26 Å². The fraction of sp³-hybridized carbons (Fsp3) is 0.417. The minimum atomic E-state index is -0.759. The number of nitriles is 1. The van der Waals surface area contributed by atoms with Crippen LogP contribution in [0, 0.1) is 18.3 Å². The van der Waals surface area contributed by atoms with Gasteiger partial charge in [-0.3, -0.25) is 4.21 Å². The van der Waals surface area contributed by atoms with Crippen molar-refractivity contribution in [2.24, 2.45) is 0 Å². The molecule has 0 saturated carbocycles. The van der Waals surface area contributed by atoms with Crippen molar-refractivity contribution >= 4 is 16.5 Å². The van der Waals surface area contributed by atoms with Gasteiger partial charge in [-0.1, -0.05) is 13.0 Å². The Morgan fingerprint density at radius 3 is 2.88 bits per heavy atom. The predicted molar refractivity (Wildman–Crippen MR) is 67.9 cm³/mol. The summed E-state index contributed by atoms with van der Waals surface area (Å²) in [6, 6.07) is 7.85. The van der Waals surface area contributed by atoms with Gasteiger partial charge in [0.15, 0.2) is 0 Å². The van der Waals surface area contributed by atoms with Crippen LogP contribution < -0.4 is 5.32 Å². The minimum Gasteiger partial charge on any atom is -0.383 e. The van der Waals surface area contributed by atoms with Crippen molar-refractivity contribution in [1.29, 1.82) is 5.26 Å². The highest BCUT2D eigenvalue weighted by atomic mass is 32.2. The number of nitrogens with one attached hydrogen (secondary N) is 1. The SMILES string of the molecule is CCS(=O)CCNc1ccc(C)cc1C#N. The van der Waals surface area contributed by atoms with Crippen LogP contribution in [0.5, 0.6) is 0 Å². The number of aryl methyl sites for hydroxylation is 1. The molecule has 0 heterocycles. The number of hydrogen-bond donors (Lipinski definition) is 1. The van der Waals surface area contributed by atoms with Gasteiger partial charge in [0.1, 0.15) is 6.07 Å². The van der Waals surface area contributed by atoms with Crippen LogP contribution in [-0.2, 0) is 10.8 Å². The van der Waals surface area contributed by atoms with E-state index in [-0.39, 0.29) is 0 Å². The second-order valence-electron chi connectivity index (χ2n) is 3.52. The number of nitrogens with zero attached hydrogens (tertiary/aromatic N) is 1. The zero-order valence-corrected chi connectivity index (χ0v) is 10.4. The lowest BCUT2D eigenvalue weighted by Crippen LogP contribution is -2.12. The molecule has 0 aliphatic rings. The van der Waals surface area contributed by atoms with Crippen molar-refractivity contribution in [2.75, 3.05) is 23.4 Å². The van der Waals surface area contributed by atoms with Crippen molar-refractivity contribution in [1.82, 2.24) is 0 Å². The molecule has 1 aromatic carbocycles. The average Bonchev–Trinajstić information content (AvgIpc) is 2.30. The third-order valence-electron chi connectivity index (χ3n) is 2.26. The summed E-state index contributed by atoms with van der Waals surface area (Å²) in [4.78, 5) is 0. The summed E-state index contributed by atoms with van der Waals surface area (Å²) < 4.78 is 11.2. The van der Waals surface area contributed by atoms with E-state index in [9.17, 15) is 4.21 Å². The Hall–Kier alpha value is -1.34. The van der Waals surface area contributed by atoms with Gasteiger partial charge in [-0.15, -0.1) is 0 Å². The Morgan fingerprint density at radius 1 is 1.50 bits per heavy atom. The van der Waals surface area contributed by atoms with E-state index in [0.29, 0.717) is 23.6 Å². The first-order chi connectivity index (χ1) is 7.67. The lowest BCUT2D eigenvalue weighted by Gasteiger charge is -2.08. The Kier molecular flexibility index (Phi) is 5.00. The van der Waals surface area contributed by atoms with E-state index >= 15 is 0 Å². The molecule has 86 valence electrons. The average molecular weight is 236 g/mol. The van der Waals surface area contributed by atoms with Gasteiger partial charge in [-0.05, 0) is 24.6 Å². The van der Waals surface area contributed by atoms with Crippen LogP contribution in [0.15, 0.2) is 18.2 Å².